The van der Waals surface area contributed by atoms with Gasteiger partial charge in [-0.3, -0.25) is 4.79 Å². The topological polar surface area (TPSA) is 59.2 Å². The third-order valence-corrected chi connectivity index (χ3v) is 5.36. The SMILES string of the molecule is Cc1nnc(SCC(=O)N(CCC2=CCCCC2)Cc2ccc(F)cc2)o1. The summed E-state index contributed by atoms with van der Waals surface area (Å²) in [6.07, 6.45) is 7.92. The van der Waals surface area contributed by atoms with Crippen molar-refractivity contribution in [2.24, 2.45) is 0 Å². The summed E-state index contributed by atoms with van der Waals surface area (Å²) in [5, 5.41) is 8.09. The molecule has 5 nitrogen and oxygen atoms in total. The van der Waals surface area contributed by atoms with E-state index in [0.29, 0.717) is 24.2 Å². The van der Waals surface area contributed by atoms with Crippen LogP contribution in [0.2, 0.25) is 0 Å². The average Bonchev–Trinajstić information content (AvgIpc) is 3.11. The van der Waals surface area contributed by atoms with Gasteiger partial charge in [-0.1, -0.05) is 35.5 Å². The molecule has 144 valence electrons. The van der Waals surface area contributed by atoms with Gasteiger partial charge >= 0.3 is 0 Å². The van der Waals surface area contributed by atoms with Gasteiger partial charge in [-0.25, -0.2) is 4.39 Å². The number of carbonyl (C=O) groups is 1. The average molecular weight is 389 g/mol. The van der Waals surface area contributed by atoms with Crippen LogP contribution in [0.1, 0.15) is 43.6 Å². The molecule has 1 aromatic carbocycles. The summed E-state index contributed by atoms with van der Waals surface area (Å²) in [4.78, 5) is 14.6. The molecule has 1 amide bonds. The van der Waals surface area contributed by atoms with Gasteiger partial charge in [0.1, 0.15) is 5.82 Å². The van der Waals surface area contributed by atoms with Crippen LogP contribution in [-0.4, -0.2) is 33.3 Å². The number of benzene rings is 1. The van der Waals surface area contributed by atoms with Gasteiger partial charge in [-0.05, 0) is 49.8 Å². The quantitative estimate of drug-likeness (QED) is 0.490. The Morgan fingerprint density at radius 3 is 2.74 bits per heavy atom. The smallest absolute Gasteiger partial charge is 0.277 e. The van der Waals surface area contributed by atoms with Crippen LogP contribution in [0.4, 0.5) is 4.39 Å². The van der Waals surface area contributed by atoms with Crippen molar-refractivity contribution < 1.29 is 13.6 Å². The number of halogens is 1. The van der Waals surface area contributed by atoms with E-state index in [1.807, 2.05) is 4.90 Å². The maximum atomic E-state index is 13.2. The molecule has 0 aliphatic heterocycles. The Balaban J connectivity index is 1.62. The number of amides is 1. The molecule has 0 saturated heterocycles. The van der Waals surface area contributed by atoms with Crippen LogP contribution < -0.4 is 0 Å². The van der Waals surface area contributed by atoms with E-state index < -0.39 is 0 Å². The van der Waals surface area contributed by atoms with E-state index in [9.17, 15) is 9.18 Å². The lowest BCUT2D eigenvalue weighted by molar-refractivity contribution is -0.128. The number of aromatic nitrogens is 2. The van der Waals surface area contributed by atoms with Crippen molar-refractivity contribution in [2.45, 2.75) is 50.8 Å². The van der Waals surface area contributed by atoms with Crippen LogP contribution in [0.5, 0.6) is 0 Å². The molecule has 1 aliphatic carbocycles. The summed E-state index contributed by atoms with van der Waals surface area (Å²) >= 11 is 1.25. The summed E-state index contributed by atoms with van der Waals surface area (Å²) < 4.78 is 18.5. The van der Waals surface area contributed by atoms with E-state index in [1.54, 1.807) is 19.1 Å². The third kappa shape index (κ3) is 6.20. The minimum Gasteiger partial charge on any atom is -0.416 e. The Labute approximate surface area is 163 Å². The predicted octanol–water partition coefficient (Wildman–Crippen LogP) is 4.53. The highest BCUT2D eigenvalue weighted by Gasteiger charge is 2.17. The summed E-state index contributed by atoms with van der Waals surface area (Å²) in [5.74, 6) is 0.460. The molecule has 1 aromatic heterocycles. The fourth-order valence-electron chi connectivity index (χ4n) is 3.06. The highest BCUT2D eigenvalue weighted by molar-refractivity contribution is 7.99. The molecule has 0 spiro atoms. The molecular weight excluding hydrogens is 365 g/mol. The van der Waals surface area contributed by atoms with Crippen LogP contribution in [0.15, 0.2) is 45.6 Å². The number of hydrogen-bond acceptors (Lipinski definition) is 5. The number of carbonyl (C=O) groups excluding carboxylic acids is 1. The zero-order chi connectivity index (χ0) is 19.1. The van der Waals surface area contributed by atoms with Gasteiger partial charge in [0.2, 0.25) is 11.8 Å². The molecule has 2 aromatic rings. The van der Waals surface area contributed by atoms with E-state index in [-0.39, 0.29) is 17.5 Å². The van der Waals surface area contributed by atoms with Crippen LogP contribution in [0.25, 0.3) is 0 Å². The Kier molecular flexibility index (Phi) is 7.04. The molecule has 0 N–H and O–H groups in total. The third-order valence-electron chi connectivity index (χ3n) is 4.55. The van der Waals surface area contributed by atoms with Gasteiger partial charge in [0.15, 0.2) is 0 Å². The first-order chi connectivity index (χ1) is 13.1. The van der Waals surface area contributed by atoms with Crippen LogP contribution in [-0.2, 0) is 11.3 Å². The number of aryl methyl sites for hydroxylation is 1. The van der Waals surface area contributed by atoms with Gasteiger partial charge in [0.05, 0.1) is 5.75 Å². The van der Waals surface area contributed by atoms with Crippen LogP contribution >= 0.6 is 11.8 Å². The largest absolute Gasteiger partial charge is 0.416 e. The Hall–Kier alpha value is -2.15. The molecule has 27 heavy (non-hydrogen) atoms. The van der Waals surface area contributed by atoms with Crippen molar-refractivity contribution in [3.8, 4) is 0 Å². The second-order valence-corrected chi connectivity index (χ2v) is 7.60. The van der Waals surface area contributed by atoms with E-state index in [1.165, 1.54) is 42.3 Å². The number of thioether (sulfide) groups is 1. The van der Waals surface area contributed by atoms with E-state index >= 15 is 0 Å². The van der Waals surface area contributed by atoms with Gasteiger partial charge in [0.25, 0.3) is 5.22 Å². The van der Waals surface area contributed by atoms with Crippen molar-refractivity contribution in [1.82, 2.24) is 15.1 Å². The summed E-state index contributed by atoms with van der Waals surface area (Å²) in [6, 6.07) is 6.31. The van der Waals surface area contributed by atoms with Crippen molar-refractivity contribution in [3.05, 3.63) is 53.2 Å². The summed E-state index contributed by atoms with van der Waals surface area (Å²) in [6.45, 7) is 2.85. The zero-order valence-electron chi connectivity index (χ0n) is 15.5. The molecule has 1 aliphatic rings. The molecule has 0 unspecified atom stereocenters. The maximum absolute atomic E-state index is 13.2. The first kappa shape index (κ1) is 19.6. The Bertz CT molecular complexity index is 789. The van der Waals surface area contributed by atoms with Gasteiger partial charge in [0, 0.05) is 20.0 Å². The number of nitrogens with zero attached hydrogens (tertiary/aromatic N) is 3. The zero-order valence-corrected chi connectivity index (χ0v) is 16.3. The van der Waals surface area contributed by atoms with Gasteiger partial charge in [-0.2, -0.15) is 0 Å². The Morgan fingerprint density at radius 2 is 2.07 bits per heavy atom. The van der Waals surface area contributed by atoms with Gasteiger partial charge in [-0.15, -0.1) is 10.2 Å². The minimum absolute atomic E-state index is 0.0107. The second-order valence-electron chi connectivity index (χ2n) is 6.68. The first-order valence-corrected chi connectivity index (χ1v) is 10.2. The minimum atomic E-state index is -0.272. The molecule has 7 heteroatoms. The number of rotatable bonds is 8. The second kappa shape index (κ2) is 9.69. The number of hydrogen-bond donors (Lipinski definition) is 0. The van der Waals surface area contributed by atoms with E-state index in [4.69, 9.17) is 4.42 Å². The molecule has 0 atom stereocenters. The van der Waals surface area contributed by atoms with Crippen LogP contribution in [0, 0.1) is 12.7 Å². The molecule has 0 bridgehead atoms. The molecule has 3 rings (SSSR count). The standard InChI is InChI=1S/C20H24FN3O2S/c1-15-22-23-20(26-15)27-14-19(25)24(12-11-16-5-3-2-4-6-16)13-17-7-9-18(21)10-8-17/h5,7-10H,2-4,6,11-14H2,1H3. The van der Waals surface area contributed by atoms with Gasteiger partial charge < -0.3 is 9.32 Å². The fourth-order valence-corrected chi connectivity index (χ4v) is 3.77. The lowest BCUT2D eigenvalue weighted by atomic mass is 9.97. The van der Waals surface area contributed by atoms with Crippen molar-refractivity contribution in [2.75, 3.05) is 12.3 Å². The van der Waals surface area contributed by atoms with Crippen LogP contribution in [0.3, 0.4) is 0 Å². The molecule has 0 radical (unpaired) electrons. The van der Waals surface area contributed by atoms with Crippen molar-refractivity contribution in [1.29, 1.82) is 0 Å². The van der Waals surface area contributed by atoms with E-state index in [2.05, 4.69) is 16.3 Å². The summed E-state index contributed by atoms with van der Waals surface area (Å²) in [7, 11) is 0. The van der Waals surface area contributed by atoms with Crippen molar-refractivity contribution >= 4 is 17.7 Å². The fraction of sp³-hybridized carbons (Fsp3) is 0.450. The van der Waals surface area contributed by atoms with Crippen molar-refractivity contribution in [3.63, 3.8) is 0 Å². The van der Waals surface area contributed by atoms with E-state index in [0.717, 1.165) is 24.8 Å². The first-order valence-electron chi connectivity index (χ1n) is 9.23. The molecule has 1 heterocycles. The number of allylic oxidation sites excluding steroid dienone is 1. The highest BCUT2D eigenvalue weighted by atomic mass is 32.2. The maximum Gasteiger partial charge on any atom is 0.277 e. The molecular formula is C20H24FN3O2S. The predicted molar refractivity (Wildman–Crippen MR) is 103 cm³/mol. The molecule has 0 fully saturated rings. The Morgan fingerprint density at radius 1 is 1.26 bits per heavy atom. The monoisotopic (exact) mass is 389 g/mol. The molecule has 0 saturated carbocycles. The lowest BCUT2D eigenvalue weighted by Gasteiger charge is -2.24. The lowest BCUT2D eigenvalue weighted by Crippen LogP contribution is -2.33. The highest BCUT2D eigenvalue weighted by Crippen LogP contribution is 2.22. The summed E-state index contributed by atoms with van der Waals surface area (Å²) in [5.41, 5.74) is 2.35. The normalized spacial score (nSPS) is 14.1.